The summed E-state index contributed by atoms with van der Waals surface area (Å²) >= 11 is 3.51. The van der Waals surface area contributed by atoms with Crippen molar-refractivity contribution in [1.29, 1.82) is 0 Å². The van der Waals surface area contributed by atoms with E-state index in [1.165, 1.54) is 5.56 Å². The lowest BCUT2D eigenvalue weighted by molar-refractivity contribution is 0.0675. The number of hydrogen-bond acceptors (Lipinski definition) is 2. The van der Waals surface area contributed by atoms with Gasteiger partial charge in [0.1, 0.15) is 0 Å². The van der Waals surface area contributed by atoms with Crippen LogP contribution in [0.4, 0.5) is 0 Å². The number of furan rings is 1. The second kappa shape index (κ2) is 5.83. The smallest absolute Gasteiger partial charge is 0.289 e. The topological polar surface area (TPSA) is 33.5 Å². The second-order valence-corrected chi connectivity index (χ2v) is 6.04. The highest BCUT2D eigenvalue weighted by atomic mass is 79.9. The molecule has 1 aromatic heterocycles. The first kappa shape index (κ1) is 13.4. The monoisotopic (exact) mass is 333 g/mol. The molecule has 0 N–H and O–H groups in total. The summed E-state index contributed by atoms with van der Waals surface area (Å²) in [4.78, 5) is 14.2. The molecule has 4 heteroatoms. The van der Waals surface area contributed by atoms with E-state index < -0.39 is 0 Å². The highest BCUT2D eigenvalue weighted by Gasteiger charge is 2.26. The molecule has 20 heavy (non-hydrogen) atoms. The van der Waals surface area contributed by atoms with Gasteiger partial charge in [-0.2, -0.15) is 0 Å². The van der Waals surface area contributed by atoms with Crippen molar-refractivity contribution < 1.29 is 9.21 Å². The minimum atomic E-state index is -0.00491. The van der Waals surface area contributed by atoms with Gasteiger partial charge in [-0.1, -0.05) is 28.1 Å². The zero-order valence-electron chi connectivity index (χ0n) is 11.1. The first-order valence-electron chi connectivity index (χ1n) is 6.82. The van der Waals surface area contributed by atoms with Crippen LogP contribution in [0.5, 0.6) is 0 Å². The number of carbonyl (C=O) groups excluding carboxylic acids is 1. The van der Waals surface area contributed by atoms with Gasteiger partial charge in [0.25, 0.3) is 5.91 Å². The third kappa shape index (κ3) is 2.80. The molecule has 0 radical (unpaired) electrons. The lowest BCUT2D eigenvalue weighted by atomic mass is 9.90. The molecule has 0 saturated carbocycles. The molecule has 0 spiro atoms. The minimum absolute atomic E-state index is 0.00491. The fraction of sp³-hybridized carbons (Fsp3) is 0.312. The number of piperidine rings is 1. The molecule has 104 valence electrons. The molecule has 3 nitrogen and oxygen atoms in total. The van der Waals surface area contributed by atoms with E-state index in [0.29, 0.717) is 11.7 Å². The number of carbonyl (C=O) groups is 1. The standard InChI is InChI=1S/C16H16BrNO2/c17-14-6-1-4-12(10-14)13-5-2-8-18(11-13)16(19)15-7-3-9-20-15/h1,3-4,6-7,9-10,13H,2,5,8,11H2. The molecule has 0 bridgehead atoms. The van der Waals surface area contributed by atoms with Gasteiger partial charge >= 0.3 is 0 Å². The average molecular weight is 334 g/mol. The number of benzene rings is 1. The van der Waals surface area contributed by atoms with Crippen molar-refractivity contribution in [3.05, 3.63) is 58.5 Å². The van der Waals surface area contributed by atoms with Crippen LogP contribution in [0.25, 0.3) is 0 Å². The zero-order valence-corrected chi connectivity index (χ0v) is 12.7. The summed E-state index contributed by atoms with van der Waals surface area (Å²) in [5.41, 5.74) is 1.29. The Morgan fingerprint density at radius 1 is 1.30 bits per heavy atom. The average Bonchev–Trinajstić information content (AvgIpc) is 3.01. The maximum atomic E-state index is 12.3. The zero-order chi connectivity index (χ0) is 13.9. The molecule has 1 fully saturated rings. The van der Waals surface area contributed by atoms with Crippen molar-refractivity contribution >= 4 is 21.8 Å². The van der Waals surface area contributed by atoms with Crippen molar-refractivity contribution in [3.63, 3.8) is 0 Å². The van der Waals surface area contributed by atoms with E-state index in [-0.39, 0.29) is 5.91 Å². The van der Waals surface area contributed by atoms with Crippen LogP contribution in [0.1, 0.15) is 34.9 Å². The number of nitrogens with zero attached hydrogens (tertiary/aromatic N) is 1. The van der Waals surface area contributed by atoms with Crippen molar-refractivity contribution in [2.24, 2.45) is 0 Å². The fourth-order valence-corrected chi connectivity index (χ4v) is 3.17. The molecule has 0 aliphatic carbocycles. The molecule has 1 unspecified atom stereocenters. The van der Waals surface area contributed by atoms with Gasteiger partial charge in [-0.25, -0.2) is 0 Å². The van der Waals surface area contributed by atoms with Gasteiger partial charge in [-0.15, -0.1) is 0 Å². The number of amides is 1. The number of halogens is 1. The first-order chi connectivity index (χ1) is 9.74. The summed E-state index contributed by atoms with van der Waals surface area (Å²) in [6.45, 7) is 1.57. The van der Waals surface area contributed by atoms with Crippen LogP contribution < -0.4 is 0 Å². The maximum Gasteiger partial charge on any atom is 0.289 e. The van der Waals surface area contributed by atoms with Crippen molar-refractivity contribution in [2.75, 3.05) is 13.1 Å². The van der Waals surface area contributed by atoms with Crippen molar-refractivity contribution in [1.82, 2.24) is 4.90 Å². The summed E-state index contributed by atoms with van der Waals surface area (Å²) in [6, 6.07) is 11.8. The summed E-state index contributed by atoms with van der Waals surface area (Å²) < 4.78 is 6.30. The van der Waals surface area contributed by atoms with Crippen LogP contribution in [0.15, 0.2) is 51.6 Å². The quantitative estimate of drug-likeness (QED) is 0.830. The van der Waals surface area contributed by atoms with E-state index in [0.717, 1.165) is 30.4 Å². The molecular weight excluding hydrogens is 318 g/mol. The molecule has 3 rings (SSSR count). The van der Waals surface area contributed by atoms with E-state index in [1.54, 1.807) is 18.4 Å². The molecule has 2 aromatic rings. The van der Waals surface area contributed by atoms with Gasteiger partial charge in [-0.3, -0.25) is 4.79 Å². The molecule has 1 aromatic carbocycles. The lowest BCUT2D eigenvalue weighted by Gasteiger charge is -2.32. The number of hydrogen-bond donors (Lipinski definition) is 0. The molecule has 1 aliphatic heterocycles. The van der Waals surface area contributed by atoms with E-state index >= 15 is 0 Å². The molecule has 1 amide bonds. The SMILES string of the molecule is O=C(c1ccco1)N1CCCC(c2cccc(Br)c2)C1. The third-order valence-corrected chi connectivity index (χ3v) is 4.25. The Balaban J connectivity index is 1.75. The van der Waals surface area contributed by atoms with Crippen LogP contribution in [-0.4, -0.2) is 23.9 Å². The van der Waals surface area contributed by atoms with Crippen LogP contribution in [0.2, 0.25) is 0 Å². The Morgan fingerprint density at radius 3 is 2.95 bits per heavy atom. The van der Waals surface area contributed by atoms with Gasteiger partial charge in [0, 0.05) is 23.5 Å². The number of likely N-dealkylation sites (tertiary alicyclic amines) is 1. The Morgan fingerprint density at radius 2 is 2.20 bits per heavy atom. The van der Waals surface area contributed by atoms with Crippen LogP contribution in [0, 0.1) is 0 Å². The van der Waals surface area contributed by atoms with Crippen LogP contribution >= 0.6 is 15.9 Å². The van der Waals surface area contributed by atoms with Crippen LogP contribution in [-0.2, 0) is 0 Å². The van der Waals surface area contributed by atoms with Crippen molar-refractivity contribution in [2.45, 2.75) is 18.8 Å². The molecule has 1 saturated heterocycles. The van der Waals surface area contributed by atoms with E-state index in [1.807, 2.05) is 17.0 Å². The molecular formula is C16H16BrNO2. The van der Waals surface area contributed by atoms with Gasteiger partial charge in [0.05, 0.1) is 6.26 Å². The summed E-state index contributed by atoms with van der Waals surface area (Å²) in [6.07, 6.45) is 3.70. The molecule has 2 heterocycles. The van der Waals surface area contributed by atoms with Crippen molar-refractivity contribution in [3.8, 4) is 0 Å². The number of rotatable bonds is 2. The second-order valence-electron chi connectivity index (χ2n) is 5.12. The van der Waals surface area contributed by atoms with Crippen LogP contribution in [0.3, 0.4) is 0 Å². The molecule has 1 aliphatic rings. The molecule has 1 atom stereocenters. The highest BCUT2D eigenvalue weighted by Crippen LogP contribution is 2.29. The first-order valence-corrected chi connectivity index (χ1v) is 7.61. The van der Waals surface area contributed by atoms with Gasteiger partial charge in [0.2, 0.25) is 0 Å². The largest absolute Gasteiger partial charge is 0.459 e. The predicted molar refractivity (Wildman–Crippen MR) is 80.7 cm³/mol. The fourth-order valence-electron chi connectivity index (χ4n) is 2.75. The summed E-state index contributed by atoms with van der Waals surface area (Å²) in [5, 5.41) is 0. The predicted octanol–water partition coefficient (Wildman–Crippen LogP) is 4.06. The summed E-state index contributed by atoms with van der Waals surface area (Å²) in [7, 11) is 0. The normalized spacial score (nSPS) is 19.1. The van der Waals surface area contributed by atoms with Gasteiger partial charge in [0.15, 0.2) is 5.76 Å². The Kier molecular flexibility index (Phi) is 3.92. The summed E-state index contributed by atoms with van der Waals surface area (Å²) in [5.74, 6) is 0.828. The van der Waals surface area contributed by atoms with Gasteiger partial charge in [-0.05, 0) is 42.7 Å². The van der Waals surface area contributed by atoms with E-state index in [9.17, 15) is 4.79 Å². The van der Waals surface area contributed by atoms with Gasteiger partial charge < -0.3 is 9.32 Å². The van der Waals surface area contributed by atoms with E-state index in [2.05, 4.69) is 28.1 Å². The Hall–Kier alpha value is -1.55. The van der Waals surface area contributed by atoms with E-state index in [4.69, 9.17) is 4.42 Å². The minimum Gasteiger partial charge on any atom is -0.459 e. The maximum absolute atomic E-state index is 12.3. The Bertz CT molecular complexity index is 594. The third-order valence-electron chi connectivity index (χ3n) is 3.76. The lowest BCUT2D eigenvalue weighted by Crippen LogP contribution is -2.38. The Labute approximate surface area is 126 Å². The highest BCUT2D eigenvalue weighted by molar-refractivity contribution is 9.10.